The number of nitrogens with two attached hydrogens (primary N) is 9. The Bertz CT molecular complexity index is 1710. The third-order valence-electron chi connectivity index (χ3n) is 14.6. The Morgan fingerprint density at radius 2 is 0.727 bits per heavy atom. The fourth-order valence-electron chi connectivity index (χ4n) is 9.94. The molecule has 28 N–H and O–H groups in total. The van der Waals surface area contributed by atoms with Crippen LogP contribution in [0.15, 0.2) is 0 Å². The molecule has 0 aromatic carbocycles. The number of hydrogen-bond acceptors (Lipinski definition) is 33. The quantitative estimate of drug-likeness (QED) is 0.0268. The van der Waals surface area contributed by atoms with Crippen molar-refractivity contribution < 1.29 is 98.4 Å². The normalized spacial score (nSPS) is 47.0. The molecule has 77 heavy (non-hydrogen) atoms. The minimum atomic E-state index is -1.69. The van der Waals surface area contributed by atoms with Gasteiger partial charge >= 0.3 is 0 Å². The lowest BCUT2D eigenvalue weighted by Gasteiger charge is -2.48. The van der Waals surface area contributed by atoms with Crippen LogP contribution in [0.2, 0.25) is 0 Å². The van der Waals surface area contributed by atoms with Gasteiger partial charge in [-0.3, -0.25) is 0 Å². The summed E-state index contributed by atoms with van der Waals surface area (Å²) >= 11 is 2.90. The van der Waals surface area contributed by atoms with Crippen LogP contribution in [0.5, 0.6) is 0 Å². The van der Waals surface area contributed by atoms with Gasteiger partial charge in [-0.1, -0.05) is 21.6 Å². The van der Waals surface area contributed by atoms with Crippen molar-refractivity contribution in [2.45, 2.75) is 197 Å². The zero-order valence-corrected chi connectivity index (χ0v) is 46.0. The molecule has 0 bridgehead atoms. The maximum absolute atomic E-state index is 11.4. The average molecular weight is 1190 g/mol. The Morgan fingerprint density at radius 3 is 1.14 bits per heavy atom. The third-order valence-corrected chi connectivity index (χ3v) is 18.9. The molecule has 0 amide bonds. The summed E-state index contributed by atoms with van der Waals surface area (Å²) in [5.74, 6) is 3.18. The lowest BCUT2D eigenvalue weighted by Crippen LogP contribution is -2.68. The Labute approximate surface area is 463 Å². The monoisotopic (exact) mass is 1190 g/mol. The summed E-state index contributed by atoms with van der Waals surface area (Å²) in [6.45, 7) is 1.70. The Balaban J connectivity index is 0.806. The van der Waals surface area contributed by atoms with Gasteiger partial charge in [0, 0.05) is 71.8 Å². The summed E-state index contributed by atoms with van der Waals surface area (Å²) in [5, 5.41) is 107. The molecule has 2 saturated carbocycles. The van der Waals surface area contributed by atoms with Crippen molar-refractivity contribution >= 4 is 45.1 Å². The van der Waals surface area contributed by atoms with Crippen LogP contribution >= 0.6 is 45.1 Å². The molecule has 0 spiro atoms. The number of hydrogen-bond donors (Lipinski definition) is 19. The van der Waals surface area contributed by atoms with E-state index in [0.717, 1.165) is 11.5 Å². The highest BCUT2D eigenvalue weighted by Gasteiger charge is 2.53. The zero-order chi connectivity index (χ0) is 56.2. The van der Waals surface area contributed by atoms with Gasteiger partial charge in [0.2, 0.25) is 0 Å². The van der Waals surface area contributed by atoms with E-state index in [1.165, 1.54) is 23.5 Å². The smallest absolute Gasteiger partial charge is 0.187 e. The predicted octanol–water partition coefficient (Wildman–Crippen LogP) is -9.68. The number of ether oxygens (including phenoxy) is 10. The molecule has 2 aliphatic carbocycles. The SMILES string of the molecule is NCC1O[C@H](OC2[C@@H](N)CC(N)[C@H](O[C@H]3O[C@H](CSCCOCCSSCCOCCSCC4O[C@H](O[C@@H]5C(O)C(O[C@H]6O[C@H](CN)[C@@H](O)CC6N)[C@@H](N)C[C@H]5N)C(O)[C@@H](N)[C@@H]4O)[C@@H](O)C(N)C3O)[C@H]2O)C(O)[C@@H](O)[C@@H]1O. The number of thioether (sulfide) groups is 2. The Kier molecular flexibility index (Phi) is 27.5. The lowest BCUT2D eigenvalue weighted by atomic mass is 9.84. The van der Waals surface area contributed by atoms with Gasteiger partial charge in [-0.2, -0.15) is 23.5 Å². The fourth-order valence-corrected chi connectivity index (χ4v) is 13.5. The predicted molar refractivity (Wildman–Crippen MR) is 283 cm³/mol. The first-order chi connectivity index (χ1) is 36.7. The Morgan fingerprint density at radius 1 is 0.364 bits per heavy atom. The van der Waals surface area contributed by atoms with Crippen molar-refractivity contribution in [1.82, 2.24) is 0 Å². The zero-order valence-electron chi connectivity index (χ0n) is 42.7. The molecule has 33 heteroatoms. The molecule has 4 aliphatic heterocycles. The second kappa shape index (κ2) is 31.9. The summed E-state index contributed by atoms with van der Waals surface area (Å²) in [5.41, 5.74) is 55.2. The molecule has 6 aliphatic rings. The van der Waals surface area contributed by atoms with Crippen molar-refractivity contribution in [3.63, 3.8) is 0 Å². The van der Waals surface area contributed by atoms with Crippen molar-refractivity contribution in [3.05, 3.63) is 0 Å². The van der Waals surface area contributed by atoms with E-state index in [1.807, 2.05) is 0 Å². The number of rotatable bonds is 27. The van der Waals surface area contributed by atoms with Crippen molar-refractivity contribution in [1.29, 1.82) is 0 Å². The highest BCUT2D eigenvalue weighted by molar-refractivity contribution is 8.76. The second-order valence-electron chi connectivity index (χ2n) is 20.2. The van der Waals surface area contributed by atoms with E-state index in [0.29, 0.717) is 43.7 Å². The fraction of sp³-hybridized carbons (Fsp3) is 1.00. The lowest BCUT2D eigenvalue weighted by molar-refractivity contribution is -0.330. The molecule has 29 nitrogen and oxygen atoms in total. The van der Waals surface area contributed by atoms with Crippen LogP contribution in [0, 0.1) is 0 Å². The molecule has 0 radical (unpaired) electrons. The minimum absolute atomic E-state index is 0.0294. The van der Waals surface area contributed by atoms with Crippen molar-refractivity contribution in [2.24, 2.45) is 51.6 Å². The van der Waals surface area contributed by atoms with Gasteiger partial charge in [-0.25, -0.2) is 0 Å². The Hall–Kier alpha value is 0.240. The van der Waals surface area contributed by atoms with Gasteiger partial charge in [-0.05, 0) is 19.3 Å². The van der Waals surface area contributed by atoms with Crippen LogP contribution in [0.3, 0.4) is 0 Å². The first kappa shape index (κ1) is 66.4. The first-order valence-electron chi connectivity index (χ1n) is 26.0. The van der Waals surface area contributed by atoms with Crippen molar-refractivity contribution in [3.8, 4) is 0 Å². The molecular weight excluding hydrogens is 1100 g/mol. The molecule has 29 atom stereocenters. The highest BCUT2D eigenvalue weighted by Crippen LogP contribution is 2.34. The maximum Gasteiger partial charge on any atom is 0.187 e. The van der Waals surface area contributed by atoms with E-state index in [2.05, 4.69) is 0 Å². The van der Waals surface area contributed by atoms with Crippen LogP contribution in [0.4, 0.5) is 0 Å². The second-order valence-corrected chi connectivity index (χ2v) is 25.2. The topological polar surface area (TPSA) is 529 Å². The molecule has 11 unspecified atom stereocenters. The summed E-state index contributed by atoms with van der Waals surface area (Å²) in [4.78, 5) is 0. The van der Waals surface area contributed by atoms with E-state index in [4.69, 9.17) is 99.0 Å². The van der Waals surface area contributed by atoms with E-state index in [1.54, 1.807) is 21.6 Å². The largest absolute Gasteiger partial charge is 0.390 e. The van der Waals surface area contributed by atoms with Crippen LogP contribution in [0.25, 0.3) is 0 Å². The van der Waals surface area contributed by atoms with Crippen LogP contribution < -0.4 is 51.6 Å². The van der Waals surface area contributed by atoms with E-state index >= 15 is 0 Å². The van der Waals surface area contributed by atoms with E-state index in [-0.39, 0.29) is 38.1 Å². The molecule has 6 rings (SSSR count). The van der Waals surface area contributed by atoms with Gasteiger partial charge in [0.05, 0.1) is 81.2 Å². The summed E-state index contributed by atoms with van der Waals surface area (Å²) in [6.07, 6.45) is -26.9. The highest BCUT2D eigenvalue weighted by atomic mass is 33.1. The molecule has 452 valence electrons. The van der Waals surface area contributed by atoms with Gasteiger partial charge in [0.1, 0.15) is 73.2 Å². The molecule has 0 aromatic heterocycles. The van der Waals surface area contributed by atoms with E-state index < -0.39 is 177 Å². The van der Waals surface area contributed by atoms with Crippen LogP contribution in [-0.2, 0) is 47.4 Å². The summed E-state index contributed by atoms with van der Waals surface area (Å²) < 4.78 is 58.8. The average Bonchev–Trinajstić information content (AvgIpc) is 3.40. The molecule has 6 fully saturated rings. The summed E-state index contributed by atoms with van der Waals surface area (Å²) in [7, 11) is 3.28. The minimum Gasteiger partial charge on any atom is -0.390 e. The van der Waals surface area contributed by atoms with E-state index in [9.17, 15) is 51.1 Å². The van der Waals surface area contributed by atoms with Gasteiger partial charge in [-0.15, -0.1) is 0 Å². The van der Waals surface area contributed by atoms with Crippen molar-refractivity contribution in [2.75, 3.05) is 74.0 Å². The van der Waals surface area contributed by atoms with Gasteiger partial charge < -0.3 is 150 Å². The number of aliphatic hydroxyl groups is 10. The molecule has 0 aromatic rings. The molecular formula is C44H87N9O20S4. The first-order valence-corrected chi connectivity index (χ1v) is 30.8. The maximum atomic E-state index is 11.4. The summed E-state index contributed by atoms with van der Waals surface area (Å²) in [6, 6.07) is -6.22. The molecule has 4 heterocycles. The third kappa shape index (κ3) is 17.4. The van der Waals surface area contributed by atoms with Gasteiger partial charge in [0.15, 0.2) is 25.2 Å². The number of aliphatic hydroxyl groups excluding tert-OH is 10. The van der Waals surface area contributed by atoms with Gasteiger partial charge in [0.25, 0.3) is 0 Å². The standard InChI is InChI=1S/C44H87N9O20S4/c45-12-22-21(54)11-20(51)41(66-22)70-37-16(47)9-17(48)38(35(37)62)71-42-31(58)26(52)28(55)24(68-42)14-74-5-1-64-3-7-76-77-8-4-65-2-6-75-15-25-29(56)27(53)32(59)43(69-25)72-39-18(49)10-19(50)40(36(39)63)73-44-34(61)33(60)30(57)23(13-46)67-44/h16-44,54-63H,1-15,45-53H2/t16-,17+,18?,19-,20?,21-,22+,23?,24?,25+,26-,27?,28+,29+,30+,31?,32?,33-,34?,35?,36+,37?,38-,39-,40?,41+,42+,43+,44+/m0/s1. The van der Waals surface area contributed by atoms with Crippen LogP contribution in [-0.4, -0.2) is 302 Å². The van der Waals surface area contributed by atoms with Crippen LogP contribution in [0.1, 0.15) is 19.3 Å². The molecule has 4 saturated heterocycles.